The fourth-order valence-corrected chi connectivity index (χ4v) is 13.7. The molecular weight excluding hydrogens is 1390 g/mol. The molecule has 548 valence electrons. The second-order valence-corrected chi connectivity index (χ2v) is 27.7. The second kappa shape index (κ2) is 36.6. The lowest BCUT2D eigenvalue weighted by molar-refractivity contribution is 1.07. The Hall–Kier alpha value is -14.9. The molecule has 0 amide bonds. The predicted molar refractivity (Wildman–Crippen MR) is 475 cm³/mol. The van der Waals surface area contributed by atoms with Crippen LogP contribution in [0.2, 0.25) is 0 Å². The average molecular weight is 1470 g/mol. The number of anilines is 6. The molecule has 0 saturated heterocycles. The van der Waals surface area contributed by atoms with Crippen LogP contribution < -0.4 is 9.80 Å². The monoisotopic (exact) mass is 1470 g/mol. The van der Waals surface area contributed by atoms with Gasteiger partial charge in [-0.2, -0.15) is 0 Å². The van der Waals surface area contributed by atoms with Crippen LogP contribution in [0.1, 0.15) is 22.3 Å². The van der Waals surface area contributed by atoms with E-state index in [2.05, 4.69) is 323 Å². The molecule has 18 rings (SSSR count). The maximum atomic E-state index is 4.74. The first-order chi connectivity index (χ1) is 56.2. The number of benzene rings is 16. The van der Waals surface area contributed by atoms with Crippen molar-refractivity contribution in [1.29, 1.82) is 0 Å². The van der Waals surface area contributed by atoms with Gasteiger partial charge in [-0.1, -0.05) is 376 Å². The first-order valence-corrected chi connectivity index (χ1v) is 38.4. The first-order valence-electron chi connectivity index (χ1n) is 38.4. The Morgan fingerprint density at radius 3 is 0.719 bits per heavy atom. The van der Waals surface area contributed by atoms with Gasteiger partial charge in [0, 0.05) is 67.5 Å². The minimum Gasteiger partial charge on any atom is -0.310 e. The molecule has 0 aliphatic heterocycles. The van der Waals surface area contributed by atoms with Gasteiger partial charge >= 0.3 is 0 Å². The highest BCUT2D eigenvalue weighted by atomic mass is 15.2. The molecule has 8 nitrogen and oxygen atoms in total. The summed E-state index contributed by atoms with van der Waals surface area (Å²) in [4.78, 5) is 33.0. The molecule has 0 spiro atoms. The summed E-state index contributed by atoms with van der Waals surface area (Å²) in [7, 11) is 0. The fourth-order valence-electron chi connectivity index (χ4n) is 13.7. The summed E-state index contributed by atoms with van der Waals surface area (Å²) in [5.74, 6) is 4.13. The van der Waals surface area contributed by atoms with Crippen molar-refractivity contribution in [1.82, 2.24) is 29.9 Å². The van der Waals surface area contributed by atoms with Crippen LogP contribution in [0, 0.1) is 27.7 Å². The van der Waals surface area contributed by atoms with Crippen LogP contribution in [-0.4, -0.2) is 29.9 Å². The smallest absolute Gasteiger partial charge is 0.164 e. The lowest BCUT2D eigenvalue weighted by Gasteiger charge is -2.28. The molecular formula is C106H84N8. The van der Waals surface area contributed by atoms with Crippen molar-refractivity contribution in [3.63, 3.8) is 0 Å². The maximum absolute atomic E-state index is 4.74. The van der Waals surface area contributed by atoms with Gasteiger partial charge in [-0.3, -0.25) is 0 Å². The quantitative estimate of drug-likeness (QED) is 0.0946. The highest BCUT2D eigenvalue weighted by molar-refractivity contribution is 5.85. The van der Waals surface area contributed by atoms with E-state index in [0.717, 1.165) is 67.4 Å². The summed E-state index contributed by atoms with van der Waals surface area (Å²) in [5.41, 5.74) is 27.4. The minimum absolute atomic E-state index is 0.685. The maximum Gasteiger partial charge on any atom is 0.164 e. The summed E-state index contributed by atoms with van der Waals surface area (Å²) in [5, 5.41) is 0. The molecule has 16 aromatic carbocycles. The van der Waals surface area contributed by atoms with Crippen LogP contribution in [0.15, 0.2) is 437 Å². The third-order valence-electron chi connectivity index (χ3n) is 19.6. The predicted octanol–water partition coefficient (Wildman–Crippen LogP) is 28.0. The Bertz CT molecular complexity index is 5850. The fraction of sp³-hybridized carbons (Fsp3) is 0.0377. The minimum atomic E-state index is 0.685. The summed E-state index contributed by atoms with van der Waals surface area (Å²) in [6.07, 6.45) is 0. The molecule has 2 aromatic heterocycles. The van der Waals surface area contributed by atoms with E-state index in [-0.39, 0.29) is 0 Å². The molecule has 114 heavy (non-hydrogen) atoms. The van der Waals surface area contributed by atoms with Gasteiger partial charge in [-0.25, -0.2) is 29.9 Å². The van der Waals surface area contributed by atoms with Crippen molar-refractivity contribution in [2.75, 3.05) is 9.80 Å². The van der Waals surface area contributed by atoms with Crippen molar-refractivity contribution in [2.45, 2.75) is 27.7 Å². The molecule has 0 unspecified atom stereocenters. The number of aromatic nitrogens is 6. The first kappa shape index (κ1) is 74.6. The summed E-state index contributed by atoms with van der Waals surface area (Å²) < 4.78 is 0. The number of hydrogen-bond donors (Lipinski definition) is 0. The van der Waals surface area contributed by atoms with Crippen LogP contribution in [0.25, 0.3) is 113 Å². The zero-order valence-electron chi connectivity index (χ0n) is 64.1. The molecule has 0 aliphatic carbocycles. The number of hydrogen-bond acceptors (Lipinski definition) is 8. The van der Waals surface area contributed by atoms with E-state index < -0.39 is 0 Å². The molecule has 0 radical (unpaired) electrons. The van der Waals surface area contributed by atoms with E-state index in [4.69, 9.17) is 29.9 Å². The van der Waals surface area contributed by atoms with Crippen LogP contribution >= 0.6 is 0 Å². The highest BCUT2D eigenvalue weighted by Gasteiger charge is 2.20. The third kappa shape index (κ3) is 18.7. The molecule has 0 fully saturated rings. The van der Waals surface area contributed by atoms with Gasteiger partial charge in [-0.15, -0.1) is 0 Å². The number of aryl methyl sites for hydroxylation is 4. The normalized spacial score (nSPS) is 10.6. The van der Waals surface area contributed by atoms with E-state index in [1.54, 1.807) is 0 Å². The Balaban J connectivity index is 0.000000121. The van der Waals surface area contributed by atoms with Gasteiger partial charge in [0.2, 0.25) is 0 Å². The zero-order chi connectivity index (χ0) is 77.6. The molecule has 0 bridgehead atoms. The van der Waals surface area contributed by atoms with Gasteiger partial charge in [0.25, 0.3) is 0 Å². The highest BCUT2D eigenvalue weighted by Crippen LogP contribution is 2.42. The van der Waals surface area contributed by atoms with Crippen LogP contribution in [-0.2, 0) is 0 Å². The van der Waals surface area contributed by atoms with Gasteiger partial charge in [-0.05, 0) is 156 Å². The molecule has 0 atom stereocenters. The molecule has 8 heteroatoms. The van der Waals surface area contributed by atoms with E-state index in [1.165, 1.54) is 66.9 Å². The van der Waals surface area contributed by atoms with Crippen LogP contribution in [0.4, 0.5) is 34.1 Å². The van der Waals surface area contributed by atoms with Gasteiger partial charge in [0.05, 0.1) is 0 Å². The Morgan fingerprint density at radius 1 is 0.158 bits per heavy atom. The Morgan fingerprint density at radius 2 is 0.404 bits per heavy atom. The topological polar surface area (TPSA) is 83.8 Å². The standard InChI is InChI=1S/2C31H25N.2C22H17N3/c1-24-11-8-18-29(21-24)32(30-19-9-16-27(22-30)25-12-4-2-5-13-25)31-20-10-17-28(23-31)26-14-6-3-7-15-26;1-24-12-8-9-21-31(24)32(29-19-10-17-27(22-29)25-13-4-2-5-14-25)30-20-11-18-28(23-30)26-15-6-3-7-16-26;1-16-10-8-9-15-19(16)22-24-20(17-11-4-2-5-12-17)23-21(25-22)18-13-6-3-7-14-18;1-16-12-14-19(15-13-16)22-24-20(17-8-4-2-5-9-17)23-21(25-22)18-10-6-3-7-11-18/h2*2-23H,1H3;2*2-15H,1H3. The third-order valence-corrected chi connectivity index (χ3v) is 19.6. The van der Waals surface area contributed by atoms with E-state index >= 15 is 0 Å². The van der Waals surface area contributed by atoms with Crippen LogP contribution in [0.5, 0.6) is 0 Å². The summed E-state index contributed by atoms with van der Waals surface area (Å²) in [6, 6.07) is 151. The lowest BCUT2D eigenvalue weighted by atomic mass is 10.0. The number of para-hydroxylation sites is 1. The molecule has 18 aromatic rings. The Labute approximate surface area is 669 Å². The number of nitrogens with zero attached hydrogens (tertiary/aromatic N) is 8. The van der Waals surface area contributed by atoms with Crippen LogP contribution in [0.3, 0.4) is 0 Å². The van der Waals surface area contributed by atoms with Gasteiger partial charge in [0.15, 0.2) is 34.9 Å². The molecule has 2 heterocycles. The Kier molecular flexibility index (Phi) is 23.9. The van der Waals surface area contributed by atoms with E-state index in [9.17, 15) is 0 Å². The van der Waals surface area contributed by atoms with E-state index in [0.29, 0.717) is 34.9 Å². The molecule has 0 saturated carbocycles. The molecule has 0 N–H and O–H groups in total. The van der Waals surface area contributed by atoms with Gasteiger partial charge in [0.1, 0.15) is 0 Å². The largest absolute Gasteiger partial charge is 0.310 e. The van der Waals surface area contributed by atoms with E-state index in [1.807, 2.05) is 152 Å². The van der Waals surface area contributed by atoms with Gasteiger partial charge < -0.3 is 9.80 Å². The van der Waals surface area contributed by atoms with Crippen molar-refractivity contribution in [2.24, 2.45) is 0 Å². The second-order valence-electron chi connectivity index (χ2n) is 27.7. The van der Waals surface area contributed by atoms with Crippen molar-refractivity contribution in [3.05, 3.63) is 459 Å². The summed E-state index contributed by atoms with van der Waals surface area (Å²) in [6.45, 7) is 8.46. The zero-order valence-corrected chi connectivity index (χ0v) is 64.1. The number of rotatable bonds is 16. The van der Waals surface area contributed by atoms with Crippen molar-refractivity contribution >= 4 is 34.1 Å². The molecule has 0 aliphatic rings. The van der Waals surface area contributed by atoms with Crippen molar-refractivity contribution < 1.29 is 0 Å². The lowest BCUT2D eigenvalue weighted by Crippen LogP contribution is -2.11. The summed E-state index contributed by atoms with van der Waals surface area (Å²) >= 11 is 0. The van der Waals surface area contributed by atoms with Crippen molar-refractivity contribution in [3.8, 4) is 113 Å². The average Bonchev–Trinajstić information content (AvgIpc) is 0.798. The SMILES string of the molecule is Cc1ccc(-c2nc(-c3ccccc3)nc(-c3ccccc3)n2)cc1.Cc1cccc(N(c2cccc(-c3ccccc3)c2)c2cccc(-c3ccccc3)c2)c1.Cc1ccccc1-c1nc(-c2ccccc2)nc(-c2ccccc2)n1.Cc1ccccc1N(c1cccc(-c2ccccc2)c1)c1cccc(-c2ccccc2)c1.